The quantitative estimate of drug-likeness (QED) is 0.432. The van der Waals surface area contributed by atoms with Crippen molar-refractivity contribution in [1.82, 2.24) is 0 Å². The van der Waals surface area contributed by atoms with Gasteiger partial charge in [0, 0.05) is 0 Å². The Hall–Kier alpha value is 1.19. The van der Waals surface area contributed by atoms with Crippen molar-refractivity contribution in [2.75, 3.05) is 6.61 Å². The Kier molecular flexibility index (Phi) is 12.2. The van der Waals surface area contributed by atoms with Crippen molar-refractivity contribution in [3.63, 3.8) is 0 Å². The molecule has 0 spiro atoms. The second-order valence-corrected chi connectivity index (χ2v) is 2.35. The summed E-state index contributed by atoms with van der Waals surface area (Å²) in [5.74, 6) is 0.501. The average Bonchev–Trinajstić information content (AvgIpc) is 1.61. The molecule has 0 N–H and O–H groups in total. The van der Waals surface area contributed by atoms with E-state index >= 15 is 0 Å². The van der Waals surface area contributed by atoms with Crippen LogP contribution in [0.15, 0.2) is 0 Å². The Morgan fingerprint density at radius 2 is 2.12 bits per heavy atom. The molecule has 0 radical (unpaired) electrons. The molecule has 0 bridgehead atoms. The topological polar surface area (TPSA) is 26.3 Å². The molecule has 0 saturated heterocycles. The van der Waals surface area contributed by atoms with Crippen LogP contribution in [0.25, 0.3) is 0 Å². The van der Waals surface area contributed by atoms with E-state index in [-0.39, 0.29) is 29.6 Å². The summed E-state index contributed by atoms with van der Waals surface area (Å²) in [5, 5.41) is 0. The van der Waals surface area contributed by atoms with Crippen molar-refractivity contribution in [2.24, 2.45) is 5.92 Å². The summed E-state index contributed by atoms with van der Waals surface area (Å²) < 4.78 is 14.3. The normalized spacial score (nSPS) is 10.4. The molecule has 0 amide bonds. The maximum absolute atomic E-state index is 9.70. The number of rotatable bonds is 3. The van der Waals surface area contributed by atoms with Gasteiger partial charge in [-0.2, -0.15) is 0 Å². The second-order valence-electron chi connectivity index (χ2n) is 1.82. The van der Waals surface area contributed by atoms with Crippen LogP contribution in [-0.2, 0) is 9.09 Å². The van der Waals surface area contributed by atoms with Crippen molar-refractivity contribution < 1.29 is 9.09 Å². The van der Waals surface area contributed by atoms with Gasteiger partial charge in [-0.25, -0.2) is 0 Å². The number of hydrogen-bond donors (Lipinski definition) is 0. The third-order valence-corrected chi connectivity index (χ3v) is 0.826. The zero-order valence-corrected chi connectivity index (χ0v) is 5.83. The predicted molar refractivity (Wildman–Crippen MR) is 38.3 cm³/mol. The molecule has 0 aliphatic carbocycles. The van der Waals surface area contributed by atoms with Gasteiger partial charge in [-0.15, -0.1) is 0 Å². The van der Waals surface area contributed by atoms with E-state index in [2.05, 4.69) is 4.52 Å². The van der Waals surface area contributed by atoms with Gasteiger partial charge in [0.25, 0.3) is 0 Å². The van der Waals surface area contributed by atoms with Crippen LogP contribution in [0.5, 0.6) is 0 Å². The summed E-state index contributed by atoms with van der Waals surface area (Å²) in [6.45, 7) is 4.67. The first-order valence-electron chi connectivity index (χ1n) is 2.32. The molecule has 0 aliphatic heterocycles. The fourth-order valence-electron chi connectivity index (χ4n) is 0.232. The van der Waals surface area contributed by atoms with E-state index in [4.69, 9.17) is 0 Å². The van der Waals surface area contributed by atoms with Crippen LogP contribution in [-0.4, -0.2) is 36.2 Å². The molecule has 1 unspecified atom stereocenters. The molecule has 0 saturated carbocycles. The minimum absolute atomic E-state index is 0. The van der Waals surface area contributed by atoms with Crippen LogP contribution in [0.2, 0.25) is 0 Å². The summed E-state index contributed by atoms with van der Waals surface area (Å²) in [5.41, 5.74) is 0. The van der Waals surface area contributed by atoms with E-state index in [9.17, 15) is 4.57 Å². The van der Waals surface area contributed by atoms with E-state index in [1.165, 1.54) is 0 Å². The van der Waals surface area contributed by atoms with Crippen LogP contribution in [0, 0.1) is 5.92 Å². The molecule has 0 aromatic rings. The Bertz CT molecular complexity index is 58.0. The van der Waals surface area contributed by atoms with Gasteiger partial charge < -0.3 is 4.52 Å². The molecule has 0 aliphatic rings. The van der Waals surface area contributed by atoms with Gasteiger partial charge in [0.15, 0.2) is 8.69 Å². The first kappa shape index (κ1) is 11.9. The van der Waals surface area contributed by atoms with Crippen molar-refractivity contribution in [3.8, 4) is 0 Å². The minimum atomic E-state index is -0.989. The molecule has 4 heteroatoms. The molecular formula is C4H12NaO2P. The second kappa shape index (κ2) is 8.19. The fraction of sp³-hybridized carbons (Fsp3) is 1.00. The number of hydrogen-bond acceptors (Lipinski definition) is 2. The molecular weight excluding hydrogens is 134 g/mol. The molecule has 0 rings (SSSR count). The SMILES string of the molecule is CC(C)CO[PH2]=O.[NaH]. The van der Waals surface area contributed by atoms with Crippen LogP contribution >= 0.6 is 8.69 Å². The van der Waals surface area contributed by atoms with E-state index in [1.807, 2.05) is 13.8 Å². The summed E-state index contributed by atoms with van der Waals surface area (Å²) in [6, 6.07) is 0. The van der Waals surface area contributed by atoms with Gasteiger partial charge in [0.2, 0.25) is 0 Å². The molecule has 0 aromatic carbocycles. The van der Waals surface area contributed by atoms with Crippen molar-refractivity contribution in [1.29, 1.82) is 0 Å². The van der Waals surface area contributed by atoms with Gasteiger partial charge in [-0.1, -0.05) is 13.8 Å². The van der Waals surface area contributed by atoms with Crippen LogP contribution in [0.3, 0.4) is 0 Å². The standard InChI is InChI=1S/C4H11O2P.Na.H/c1-4(2)3-6-7-5;;/h4H,3,7H2,1-2H3;;. The van der Waals surface area contributed by atoms with Crippen LogP contribution in [0.1, 0.15) is 13.8 Å². The van der Waals surface area contributed by atoms with Crippen LogP contribution in [0.4, 0.5) is 0 Å². The zero-order chi connectivity index (χ0) is 5.70. The predicted octanol–water partition coefficient (Wildman–Crippen LogP) is 0.682. The maximum atomic E-state index is 9.70. The molecule has 46 valence electrons. The van der Waals surface area contributed by atoms with Crippen molar-refractivity contribution >= 4 is 38.2 Å². The van der Waals surface area contributed by atoms with Gasteiger partial charge in [-0.05, 0) is 5.92 Å². The van der Waals surface area contributed by atoms with E-state index in [0.29, 0.717) is 12.5 Å². The summed E-state index contributed by atoms with van der Waals surface area (Å²) in [4.78, 5) is 0. The van der Waals surface area contributed by atoms with Gasteiger partial charge in [0.05, 0.1) is 6.61 Å². The van der Waals surface area contributed by atoms with Crippen LogP contribution < -0.4 is 0 Å². The average molecular weight is 146 g/mol. The summed E-state index contributed by atoms with van der Waals surface area (Å²) >= 11 is 0. The molecule has 0 fully saturated rings. The van der Waals surface area contributed by atoms with Gasteiger partial charge in [-0.3, -0.25) is 4.57 Å². The van der Waals surface area contributed by atoms with E-state index in [1.54, 1.807) is 0 Å². The molecule has 0 aromatic heterocycles. The molecule has 1 atom stereocenters. The molecule has 2 nitrogen and oxygen atoms in total. The van der Waals surface area contributed by atoms with E-state index in [0.717, 1.165) is 0 Å². The monoisotopic (exact) mass is 146 g/mol. The van der Waals surface area contributed by atoms with Crippen molar-refractivity contribution in [2.45, 2.75) is 13.8 Å². The van der Waals surface area contributed by atoms with Gasteiger partial charge >= 0.3 is 29.6 Å². The van der Waals surface area contributed by atoms with E-state index < -0.39 is 8.69 Å². The molecule has 8 heavy (non-hydrogen) atoms. The first-order chi connectivity index (χ1) is 3.27. The van der Waals surface area contributed by atoms with Gasteiger partial charge in [0.1, 0.15) is 0 Å². The first-order valence-corrected chi connectivity index (χ1v) is 3.27. The zero-order valence-electron chi connectivity index (χ0n) is 4.68. The Morgan fingerprint density at radius 1 is 1.62 bits per heavy atom. The summed E-state index contributed by atoms with van der Waals surface area (Å²) in [6.07, 6.45) is 0. The Morgan fingerprint density at radius 3 is 2.25 bits per heavy atom. The summed E-state index contributed by atoms with van der Waals surface area (Å²) in [7, 11) is -0.989. The fourth-order valence-corrected chi connectivity index (χ4v) is 0.695. The molecule has 0 heterocycles. The van der Waals surface area contributed by atoms with Crippen molar-refractivity contribution in [3.05, 3.63) is 0 Å². The Balaban J connectivity index is 0. The Labute approximate surface area is 73.6 Å². The third kappa shape index (κ3) is 10.2. The third-order valence-electron chi connectivity index (χ3n) is 0.498.